The average Bonchev–Trinajstić information content (AvgIpc) is 2.95. The van der Waals surface area contributed by atoms with Crippen LogP contribution in [0.1, 0.15) is 33.6 Å². The third-order valence-electron chi connectivity index (χ3n) is 4.42. The van der Waals surface area contributed by atoms with E-state index < -0.39 is 0 Å². The lowest BCUT2D eigenvalue weighted by Gasteiger charge is -2.37. The number of carbonyl (C=O) groups excluding carboxylic acids is 1. The fourth-order valence-corrected chi connectivity index (χ4v) is 3.97. The number of H-pyrrole nitrogens is 1. The van der Waals surface area contributed by atoms with Gasteiger partial charge in [0.25, 0.3) is 11.5 Å². The Balaban J connectivity index is 1.57. The molecule has 0 bridgehead atoms. The molecule has 1 amide bonds. The summed E-state index contributed by atoms with van der Waals surface area (Å²) >= 11 is 1.73. The molecule has 7 heteroatoms. The second kappa shape index (κ2) is 7.27. The van der Waals surface area contributed by atoms with Gasteiger partial charge in [0.1, 0.15) is 5.56 Å². The van der Waals surface area contributed by atoms with E-state index in [2.05, 4.69) is 27.1 Å². The summed E-state index contributed by atoms with van der Waals surface area (Å²) in [5, 5.41) is 4.11. The molecule has 0 aromatic carbocycles. The van der Waals surface area contributed by atoms with E-state index in [4.69, 9.17) is 0 Å². The van der Waals surface area contributed by atoms with Crippen LogP contribution >= 0.6 is 11.3 Å². The number of nitrogens with zero attached hydrogens (tertiary/aromatic N) is 2. The third kappa shape index (κ3) is 3.91. The van der Waals surface area contributed by atoms with E-state index in [0.29, 0.717) is 5.92 Å². The maximum atomic E-state index is 12.3. The third-order valence-corrected chi connectivity index (χ3v) is 5.31. The Labute approximate surface area is 144 Å². The summed E-state index contributed by atoms with van der Waals surface area (Å²) in [7, 11) is 0. The monoisotopic (exact) mass is 346 g/mol. The predicted molar refractivity (Wildman–Crippen MR) is 94.2 cm³/mol. The zero-order valence-corrected chi connectivity index (χ0v) is 14.7. The molecular formula is C17H22N4O2S. The molecular weight excluding hydrogens is 324 g/mol. The molecule has 2 N–H and O–H groups in total. The van der Waals surface area contributed by atoms with Crippen LogP contribution in [0.5, 0.6) is 0 Å². The number of aromatic nitrogens is 2. The first-order chi connectivity index (χ1) is 11.5. The Morgan fingerprint density at radius 2 is 2.38 bits per heavy atom. The molecule has 128 valence electrons. The van der Waals surface area contributed by atoms with Crippen molar-refractivity contribution < 1.29 is 4.79 Å². The van der Waals surface area contributed by atoms with Crippen LogP contribution in [0.15, 0.2) is 29.3 Å². The number of rotatable bonds is 4. The molecule has 0 radical (unpaired) electrons. The van der Waals surface area contributed by atoms with Gasteiger partial charge in [-0.05, 0) is 31.4 Å². The highest BCUT2D eigenvalue weighted by Crippen LogP contribution is 2.21. The van der Waals surface area contributed by atoms with Crippen molar-refractivity contribution in [2.45, 2.75) is 32.9 Å². The Morgan fingerprint density at radius 3 is 3.04 bits per heavy atom. The normalized spacial score (nSPS) is 21.6. The Kier molecular flexibility index (Phi) is 5.11. The van der Waals surface area contributed by atoms with Crippen molar-refractivity contribution in [1.29, 1.82) is 0 Å². The van der Waals surface area contributed by atoms with Gasteiger partial charge < -0.3 is 10.3 Å². The molecule has 2 aromatic heterocycles. The minimum Gasteiger partial charge on any atom is -0.349 e. The standard InChI is InChI=1S/C17H22N4O2S/c1-11-9-21(10-13-8-19-12(2)24-13)7-5-15(11)20-17(23)14-4-3-6-18-16(14)22/h3-4,6,8,11,15H,5,7,9-10H2,1-2H3,(H,18,22)(H,20,23)/t11-,15+/m1/s1. The highest BCUT2D eigenvalue weighted by atomic mass is 32.1. The van der Waals surface area contributed by atoms with E-state index in [0.717, 1.165) is 31.1 Å². The van der Waals surface area contributed by atoms with Gasteiger partial charge in [-0.1, -0.05) is 6.92 Å². The summed E-state index contributed by atoms with van der Waals surface area (Å²) < 4.78 is 0. The van der Waals surface area contributed by atoms with Gasteiger partial charge in [-0.25, -0.2) is 4.98 Å². The van der Waals surface area contributed by atoms with Crippen molar-refractivity contribution in [3.8, 4) is 0 Å². The molecule has 1 aliphatic heterocycles. The Morgan fingerprint density at radius 1 is 1.54 bits per heavy atom. The maximum absolute atomic E-state index is 12.3. The summed E-state index contributed by atoms with van der Waals surface area (Å²) in [6.45, 7) is 6.92. The number of pyridine rings is 1. The van der Waals surface area contributed by atoms with Gasteiger partial charge in [-0.15, -0.1) is 11.3 Å². The van der Waals surface area contributed by atoms with Gasteiger partial charge in [0.2, 0.25) is 0 Å². The minimum absolute atomic E-state index is 0.0940. The number of likely N-dealkylation sites (tertiary alicyclic amines) is 1. The van der Waals surface area contributed by atoms with Gasteiger partial charge in [-0.2, -0.15) is 0 Å². The highest BCUT2D eigenvalue weighted by molar-refractivity contribution is 7.11. The van der Waals surface area contributed by atoms with Crippen molar-refractivity contribution in [2.75, 3.05) is 13.1 Å². The second-order valence-corrected chi connectivity index (χ2v) is 7.66. The van der Waals surface area contributed by atoms with Gasteiger partial charge in [0.05, 0.1) is 5.01 Å². The molecule has 2 atom stereocenters. The van der Waals surface area contributed by atoms with Crippen LogP contribution in [0, 0.1) is 12.8 Å². The lowest BCUT2D eigenvalue weighted by molar-refractivity contribution is 0.0860. The number of aromatic amines is 1. The molecule has 6 nitrogen and oxygen atoms in total. The molecule has 1 aliphatic rings. The lowest BCUT2D eigenvalue weighted by Crippen LogP contribution is -2.50. The first-order valence-corrected chi connectivity index (χ1v) is 8.97. The number of hydrogen-bond donors (Lipinski definition) is 2. The number of aryl methyl sites for hydroxylation is 1. The van der Waals surface area contributed by atoms with E-state index in [1.54, 1.807) is 23.5 Å². The molecule has 0 saturated carbocycles. The molecule has 0 aliphatic carbocycles. The van der Waals surface area contributed by atoms with Crippen LogP contribution in [0.25, 0.3) is 0 Å². The SMILES string of the molecule is Cc1ncc(CN2CC[C@H](NC(=O)c3ccc[nH]c3=O)[C@H](C)C2)s1. The average molecular weight is 346 g/mol. The van der Waals surface area contributed by atoms with Crippen molar-refractivity contribution >= 4 is 17.2 Å². The zero-order valence-electron chi connectivity index (χ0n) is 13.9. The van der Waals surface area contributed by atoms with Crippen LogP contribution < -0.4 is 10.9 Å². The zero-order chi connectivity index (χ0) is 17.1. The first-order valence-electron chi connectivity index (χ1n) is 8.15. The summed E-state index contributed by atoms with van der Waals surface area (Å²) in [6, 6.07) is 3.32. The topological polar surface area (TPSA) is 78.1 Å². The molecule has 0 spiro atoms. The van der Waals surface area contributed by atoms with Crippen LogP contribution in [-0.2, 0) is 6.54 Å². The molecule has 1 saturated heterocycles. The summed E-state index contributed by atoms with van der Waals surface area (Å²) in [4.78, 5) is 34.5. The van der Waals surface area contributed by atoms with Gasteiger partial charge in [0.15, 0.2) is 0 Å². The van der Waals surface area contributed by atoms with Crippen LogP contribution in [-0.4, -0.2) is 39.9 Å². The Bertz CT molecular complexity index is 770. The highest BCUT2D eigenvalue weighted by Gasteiger charge is 2.28. The smallest absolute Gasteiger partial charge is 0.260 e. The van der Waals surface area contributed by atoms with Crippen molar-refractivity contribution in [3.05, 3.63) is 50.3 Å². The fourth-order valence-electron chi connectivity index (χ4n) is 3.14. The van der Waals surface area contributed by atoms with Gasteiger partial charge >= 0.3 is 0 Å². The largest absolute Gasteiger partial charge is 0.349 e. The summed E-state index contributed by atoms with van der Waals surface area (Å²) in [5.41, 5.74) is -0.173. The number of amides is 1. The minimum atomic E-state index is -0.347. The molecule has 0 unspecified atom stereocenters. The van der Waals surface area contributed by atoms with Gasteiger partial charge in [-0.3, -0.25) is 14.5 Å². The second-order valence-electron chi connectivity index (χ2n) is 6.34. The van der Waals surface area contributed by atoms with Crippen molar-refractivity contribution in [2.24, 2.45) is 5.92 Å². The van der Waals surface area contributed by atoms with Gasteiger partial charge in [0, 0.05) is 42.9 Å². The number of piperidine rings is 1. The summed E-state index contributed by atoms with van der Waals surface area (Å²) in [5.74, 6) is 0.0414. The predicted octanol–water partition coefficient (Wildman–Crippen LogP) is 1.78. The number of nitrogens with one attached hydrogen (secondary N) is 2. The maximum Gasteiger partial charge on any atom is 0.260 e. The number of thiazole rings is 1. The van der Waals surface area contributed by atoms with Crippen LogP contribution in [0.2, 0.25) is 0 Å². The molecule has 3 rings (SSSR count). The van der Waals surface area contributed by atoms with Crippen molar-refractivity contribution in [1.82, 2.24) is 20.2 Å². The van der Waals surface area contributed by atoms with E-state index in [1.165, 1.54) is 11.1 Å². The Hall–Kier alpha value is -1.99. The lowest BCUT2D eigenvalue weighted by atomic mass is 9.93. The van der Waals surface area contributed by atoms with E-state index in [-0.39, 0.29) is 23.1 Å². The molecule has 24 heavy (non-hydrogen) atoms. The van der Waals surface area contributed by atoms with E-state index in [1.807, 2.05) is 13.1 Å². The number of hydrogen-bond acceptors (Lipinski definition) is 5. The van der Waals surface area contributed by atoms with E-state index >= 15 is 0 Å². The fraction of sp³-hybridized carbons (Fsp3) is 0.471. The first kappa shape index (κ1) is 16.9. The van der Waals surface area contributed by atoms with Crippen molar-refractivity contribution in [3.63, 3.8) is 0 Å². The molecule has 3 heterocycles. The van der Waals surface area contributed by atoms with Crippen LogP contribution in [0.4, 0.5) is 0 Å². The van der Waals surface area contributed by atoms with E-state index in [9.17, 15) is 9.59 Å². The molecule has 2 aromatic rings. The molecule has 1 fully saturated rings. The van der Waals surface area contributed by atoms with Crippen LogP contribution in [0.3, 0.4) is 0 Å². The quantitative estimate of drug-likeness (QED) is 0.885. The summed E-state index contributed by atoms with van der Waals surface area (Å²) in [6.07, 6.45) is 4.36. The number of carbonyl (C=O) groups is 1.